The summed E-state index contributed by atoms with van der Waals surface area (Å²) in [6, 6.07) is 0. The zero-order valence-electron chi connectivity index (χ0n) is 31.6. The molecule has 0 amide bonds. The molecule has 8 fully saturated rings. The van der Waals surface area contributed by atoms with Crippen molar-refractivity contribution in [2.45, 2.75) is 136 Å². The van der Waals surface area contributed by atoms with Gasteiger partial charge in [0, 0.05) is 61.2 Å². The van der Waals surface area contributed by atoms with E-state index in [9.17, 15) is 34.2 Å². The number of aliphatic hydroxyl groups excluding tert-OH is 1. The fourth-order valence-corrected chi connectivity index (χ4v) is 13.2. The highest BCUT2D eigenvalue weighted by Crippen LogP contribution is 2.80. The smallest absolute Gasteiger partial charge is 0.341 e. The van der Waals surface area contributed by atoms with Crippen LogP contribution in [0.2, 0.25) is 0 Å². The summed E-state index contributed by atoms with van der Waals surface area (Å²) in [5, 5.41) is 25.0. The molecular formula is C38H50O15. The molecule has 0 aromatic rings. The lowest BCUT2D eigenvalue weighted by Crippen LogP contribution is -2.75. The number of fused-ring (bicyclic) bond motifs is 9. The predicted molar refractivity (Wildman–Crippen MR) is 174 cm³/mol. The first-order valence-corrected chi connectivity index (χ1v) is 18.8. The average molecular weight is 747 g/mol. The Morgan fingerprint density at radius 3 is 2.02 bits per heavy atom. The number of ether oxygens (including phenoxy) is 7. The van der Waals surface area contributed by atoms with Gasteiger partial charge in [-0.3, -0.25) is 24.0 Å². The van der Waals surface area contributed by atoms with E-state index < -0.39 is 159 Å². The van der Waals surface area contributed by atoms with Crippen LogP contribution in [-0.4, -0.2) is 106 Å². The molecule has 15 nitrogen and oxygen atoms in total. The average Bonchev–Trinajstić information content (AvgIpc) is 3.95. The molecule has 1 unspecified atom stereocenters. The van der Waals surface area contributed by atoms with Gasteiger partial charge in [0.15, 0.2) is 17.5 Å². The van der Waals surface area contributed by atoms with Crippen molar-refractivity contribution >= 4 is 35.6 Å². The van der Waals surface area contributed by atoms with E-state index in [2.05, 4.69) is 0 Å². The number of hydrogen-bond donors (Lipinski definition) is 2. The molecule has 53 heavy (non-hydrogen) atoms. The van der Waals surface area contributed by atoms with Gasteiger partial charge >= 0.3 is 29.8 Å². The molecule has 0 bridgehead atoms. The quantitative estimate of drug-likeness (QED) is 0.230. The number of aliphatic hydroxyl groups is 2. The number of Topliss-reactive ketones (excluding diaryl/α,β-unsaturated/α-hetero) is 1. The summed E-state index contributed by atoms with van der Waals surface area (Å²) in [6.45, 7) is 15.4. The third kappa shape index (κ3) is 4.25. The molecule has 5 saturated carbocycles. The number of hydrogen-bond acceptors (Lipinski definition) is 15. The maximum atomic E-state index is 15.5. The second-order valence-corrected chi connectivity index (χ2v) is 18.1. The predicted octanol–water partition coefficient (Wildman–Crippen LogP) is 1.26. The minimum atomic E-state index is -2.15. The Kier molecular flexibility index (Phi) is 7.64. The van der Waals surface area contributed by atoms with Crippen molar-refractivity contribution < 1.29 is 72.1 Å². The molecule has 292 valence electrons. The molecule has 0 aromatic heterocycles. The summed E-state index contributed by atoms with van der Waals surface area (Å²) < 4.78 is 42.7. The maximum absolute atomic E-state index is 15.5. The molecule has 8 rings (SSSR count). The standard InChI is InChI=1S/C38H50O15/c1-12(2)32(44)51-26-17-11-18-27(50-18)30(48-15(5)40)34(17,7)22-19(24(26)42)21-25(43)23-20(35(21,8)31(49-16(6)41)28(22)47-14(4)39)13(3)29-38(52-29)36(23,9)37(10,46)33(45)53-38/h12-13,17-23,25-31,43,46H,11H2,1-10H3/t13-,17+,18-,19-,20-,21+,22+,23-,25+,26?,27-,28-,29+,30-,31-,34-,35+,36-,37+,38-/m0/s1. The molecule has 0 aromatic carbocycles. The Labute approximate surface area is 307 Å². The molecular weight excluding hydrogens is 696 g/mol. The van der Waals surface area contributed by atoms with E-state index in [1.165, 1.54) is 27.7 Å². The molecule has 3 aliphatic heterocycles. The van der Waals surface area contributed by atoms with Gasteiger partial charge in [-0.2, -0.15) is 0 Å². The highest BCUT2D eigenvalue weighted by molar-refractivity contribution is 5.91. The third-order valence-electron chi connectivity index (χ3n) is 15.4. The topological polar surface area (TPSA) is 214 Å². The van der Waals surface area contributed by atoms with E-state index >= 15 is 4.79 Å². The number of epoxide rings is 2. The Morgan fingerprint density at radius 2 is 1.43 bits per heavy atom. The van der Waals surface area contributed by atoms with Crippen LogP contribution in [0.1, 0.15) is 75.7 Å². The second-order valence-electron chi connectivity index (χ2n) is 18.1. The zero-order valence-corrected chi connectivity index (χ0v) is 31.6. The van der Waals surface area contributed by atoms with E-state index in [1.807, 2.05) is 6.92 Å². The fraction of sp³-hybridized carbons (Fsp3) is 0.842. The monoisotopic (exact) mass is 746 g/mol. The van der Waals surface area contributed by atoms with Gasteiger partial charge in [-0.1, -0.05) is 34.6 Å². The first kappa shape index (κ1) is 36.8. The van der Waals surface area contributed by atoms with Crippen LogP contribution >= 0.6 is 0 Å². The fourth-order valence-electron chi connectivity index (χ4n) is 13.2. The van der Waals surface area contributed by atoms with E-state index in [0.29, 0.717) is 0 Å². The van der Waals surface area contributed by atoms with E-state index in [0.717, 1.165) is 0 Å². The SMILES string of the molecule is CC(=O)O[C@H]1[C@H]2[C@@H](C(=O)C(OC(=O)C(C)C)[C@H]3C[C@@H]4O[C@@H]4[C@H](OC(C)=O)[C@]23C)[C@@H]2[C@@H](O)[C@@H]3[C@H]([C@H](C)[C@H]4O[C@]45OC(=O)[C@@](C)(O)[C@]35C)[C@@]2(C)[C@H]1OC(C)=O. The number of carbonyl (C=O) groups is 6. The lowest BCUT2D eigenvalue weighted by atomic mass is 9.41. The first-order valence-electron chi connectivity index (χ1n) is 18.8. The number of esters is 5. The van der Waals surface area contributed by atoms with Crippen LogP contribution in [0.3, 0.4) is 0 Å². The molecule has 20 atom stereocenters. The minimum absolute atomic E-state index is 0.254. The summed E-state index contributed by atoms with van der Waals surface area (Å²) >= 11 is 0. The Morgan fingerprint density at radius 1 is 0.830 bits per heavy atom. The van der Waals surface area contributed by atoms with Crippen molar-refractivity contribution in [3.05, 3.63) is 0 Å². The van der Waals surface area contributed by atoms with E-state index in [1.54, 1.807) is 34.6 Å². The van der Waals surface area contributed by atoms with Crippen LogP contribution in [0.5, 0.6) is 0 Å². The van der Waals surface area contributed by atoms with Gasteiger partial charge in [0.2, 0.25) is 5.79 Å². The van der Waals surface area contributed by atoms with Crippen molar-refractivity contribution in [1.82, 2.24) is 0 Å². The third-order valence-corrected chi connectivity index (χ3v) is 15.4. The highest BCUT2D eigenvalue weighted by atomic mass is 16.8. The van der Waals surface area contributed by atoms with Crippen molar-refractivity contribution in [2.75, 3.05) is 0 Å². The zero-order chi connectivity index (χ0) is 38.9. The van der Waals surface area contributed by atoms with Gasteiger partial charge in [-0.25, -0.2) is 4.79 Å². The lowest BCUT2D eigenvalue weighted by Gasteiger charge is -2.65. The van der Waals surface area contributed by atoms with Gasteiger partial charge in [0.25, 0.3) is 0 Å². The van der Waals surface area contributed by atoms with Crippen LogP contribution in [0.25, 0.3) is 0 Å². The Bertz CT molecular complexity index is 1710. The Balaban J connectivity index is 1.39. The van der Waals surface area contributed by atoms with Crippen LogP contribution in [0.4, 0.5) is 0 Å². The molecule has 8 aliphatic rings. The molecule has 0 radical (unpaired) electrons. The highest BCUT2D eigenvalue weighted by Gasteiger charge is 2.93. The second kappa shape index (κ2) is 11.0. The summed E-state index contributed by atoms with van der Waals surface area (Å²) in [4.78, 5) is 81.4. The summed E-state index contributed by atoms with van der Waals surface area (Å²) in [7, 11) is 0. The summed E-state index contributed by atoms with van der Waals surface area (Å²) in [5.74, 6) is -12.6. The maximum Gasteiger partial charge on any atom is 0.341 e. The van der Waals surface area contributed by atoms with E-state index in [-0.39, 0.29) is 6.42 Å². The molecule has 5 aliphatic carbocycles. The van der Waals surface area contributed by atoms with E-state index in [4.69, 9.17) is 33.2 Å². The van der Waals surface area contributed by atoms with Crippen LogP contribution in [-0.2, 0) is 61.9 Å². The number of ketones is 1. The van der Waals surface area contributed by atoms with Gasteiger partial charge in [-0.15, -0.1) is 0 Å². The van der Waals surface area contributed by atoms with Gasteiger partial charge in [-0.05, 0) is 32.1 Å². The van der Waals surface area contributed by atoms with Crippen molar-refractivity contribution in [3.63, 3.8) is 0 Å². The van der Waals surface area contributed by atoms with Crippen LogP contribution < -0.4 is 0 Å². The minimum Gasteiger partial charge on any atom is -0.459 e. The van der Waals surface area contributed by atoms with Crippen molar-refractivity contribution in [2.24, 2.45) is 63.6 Å². The molecule has 1 spiro atoms. The summed E-state index contributed by atoms with van der Waals surface area (Å²) in [6.07, 6.45) is -7.88. The number of rotatable bonds is 5. The van der Waals surface area contributed by atoms with Gasteiger partial charge in [0.1, 0.15) is 30.5 Å². The molecule has 3 saturated heterocycles. The van der Waals surface area contributed by atoms with Gasteiger partial charge < -0.3 is 43.4 Å². The van der Waals surface area contributed by atoms with Gasteiger partial charge in [0.05, 0.1) is 23.5 Å². The molecule has 3 heterocycles. The van der Waals surface area contributed by atoms with Crippen molar-refractivity contribution in [3.8, 4) is 0 Å². The lowest BCUT2D eigenvalue weighted by molar-refractivity contribution is -0.268. The molecule has 15 heteroatoms. The summed E-state index contributed by atoms with van der Waals surface area (Å²) in [5.41, 5.74) is -6.39. The largest absolute Gasteiger partial charge is 0.459 e. The van der Waals surface area contributed by atoms with Crippen LogP contribution in [0, 0.1) is 63.6 Å². The normalized spacial score (nSPS) is 55.1. The van der Waals surface area contributed by atoms with Crippen LogP contribution in [0.15, 0.2) is 0 Å². The number of carbonyl (C=O) groups excluding carboxylic acids is 6. The molecule has 2 N–H and O–H groups in total. The first-order chi connectivity index (χ1) is 24.5. The van der Waals surface area contributed by atoms with Crippen molar-refractivity contribution in [1.29, 1.82) is 0 Å². The Hall–Kier alpha value is -3.14.